The number of carbonyl (C=O) groups excluding carboxylic acids is 1. The molecule has 55 heavy (non-hydrogen) atoms. The fourth-order valence-corrected chi connectivity index (χ4v) is 8.26. The molecule has 4 aliphatic heterocycles. The molecule has 0 radical (unpaired) electrons. The van der Waals surface area contributed by atoms with Crippen LogP contribution in [0.2, 0.25) is 0 Å². The number of hydrogen-bond acceptors (Lipinski definition) is 10. The maximum absolute atomic E-state index is 10.4. The lowest BCUT2D eigenvalue weighted by atomic mass is 10.1. The van der Waals surface area contributed by atoms with E-state index in [2.05, 4.69) is 19.1 Å². The zero-order chi connectivity index (χ0) is 37.4. The summed E-state index contributed by atoms with van der Waals surface area (Å²) in [6, 6.07) is 29.0. The van der Waals surface area contributed by atoms with Crippen LogP contribution in [0.5, 0.6) is 0 Å². The fourth-order valence-electron chi connectivity index (χ4n) is 8.14. The molecule has 4 heterocycles. The summed E-state index contributed by atoms with van der Waals surface area (Å²) in [4.78, 5) is 10.4. The van der Waals surface area contributed by atoms with Crippen LogP contribution in [0.4, 0.5) is 0 Å². The van der Waals surface area contributed by atoms with Gasteiger partial charge in [-0.2, -0.15) is 0 Å². The largest absolute Gasteiger partial charge is 0.396 e. The first-order valence-electron chi connectivity index (χ1n) is 18.6. The van der Waals surface area contributed by atoms with Crippen molar-refractivity contribution in [1.29, 1.82) is 0 Å². The number of hydrogen-bond donors (Lipinski definition) is 1. The van der Waals surface area contributed by atoms with Gasteiger partial charge in [-0.1, -0.05) is 119 Å². The predicted molar refractivity (Wildman–Crippen MR) is 209 cm³/mol. The second-order valence-corrected chi connectivity index (χ2v) is 15.9. The molecule has 3 aromatic rings. The first-order chi connectivity index (χ1) is 25.4. The first kappa shape index (κ1) is 43.4. The Morgan fingerprint density at radius 3 is 1.40 bits per heavy atom. The Balaban J connectivity index is 0.000000168. The molecule has 302 valence electrons. The predicted octanol–water partition coefficient (Wildman–Crippen LogP) is 8.42. The quantitative estimate of drug-likeness (QED) is 0.213. The molecule has 2 spiro atoms. The maximum Gasteiger partial charge on any atom is 0.252 e. The molecule has 4 saturated heterocycles. The summed E-state index contributed by atoms with van der Waals surface area (Å²) in [5.41, 5.74) is 2.18. The van der Waals surface area contributed by atoms with Gasteiger partial charge in [-0.05, 0) is 69.2 Å². The van der Waals surface area contributed by atoms with Gasteiger partial charge >= 0.3 is 0 Å². The van der Waals surface area contributed by atoms with E-state index in [1.165, 1.54) is 5.56 Å². The van der Waals surface area contributed by atoms with Crippen molar-refractivity contribution in [3.63, 3.8) is 0 Å². The Morgan fingerprint density at radius 2 is 1.05 bits per heavy atom. The highest BCUT2D eigenvalue weighted by Crippen LogP contribution is 2.61. The smallest absolute Gasteiger partial charge is 0.252 e. The van der Waals surface area contributed by atoms with Crippen molar-refractivity contribution in [2.75, 3.05) is 6.61 Å². The van der Waals surface area contributed by atoms with Gasteiger partial charge in [0.05, 0.1) is 13.2 Å². The van der Waals surface area contributed by atoms with Crippen LogP contribution in [0.25, 0.3) is 0 Å². The summed E-state index contributed by atoms with van der Waals surface area (Å²) in [6.45, 7) is 11.0. The van der Waals surface area contributed by atoms with Crippen molar-refractivity contribution in [3.05, 3.63) is 108 Å². The van der Waals surface area contributed by atoms with Crippen molar-refractivity contribution in [1.82, 2.24) is 0 Å². The minimum atomic E-state index is -0.658. The van der Waals surface area contributed by atoms with Crippen LogP contribution in [0.15, 0.2) is 91.0 Å². The Morgan fingerprint density at radius 1 is 0.655 bits per heavy atom. The third-order valence-corrected chi connectivity index (χ3v) is 11.1. The molecule has 2 unspecified atom stereocenters. The molecule has 0 bridgehead atoms. The molecule has 11 heteroatoms. The van der Waals surface area contributed by atoms with E-state index in [1.54, 1.807) is 24.3 Å². The molecule has 0 amide bonds. The van der Waals surface area contributed by atoms with Gasteiger partial charge in [0.1, 0.15) is 35.6 Å². The van der Waals surface area contributed by atoms with Crippen LogP contribution in [0, 0.1) is 11.8 Å². The van der Waals surface area contributed by atoms with Gasteiger partial charge in [0, 0.05) is 18.1 Å². The summed E-state index contributed by atoms with van der Waals surface area (Å²) >= 11 is 5.16. The number of carbonyl (C=O) groups is 1. The van der Waals surface area contributed by atoms with Crippen molar-refractivity contribution in [3.8, 4) is 0 Å². The van der Waals surface area contributed by atoms with Crippen molar-refractivity contribution >= 4 is 16.8 Å². The third-order valence-electron chi connectivity index (χ3n) is 10.9. The summed E-state index contributed by atoms with van der Waals surface area (Å²) in [5, 5.41) is 9.08. The zero-order valence-electron chi connectivity index (χ0n) is 31.0. The van der Waals surface area contributed by atoms with Crippen LogP contribution in [0.1, 0.15) is 90.2 Å². The average molecular weight is 783 g/mol. The van der Waals surface area contributed by atoms with E-state index in [9.17, 15) is 9.90 Å². The second-order valence-electron chi connectivity index (χ2n) is 15.5. The molecule has 0 aromatic heterocycles. The summed E-state index contributed by atoms with van der Waals surface area (Å²) < 4.78 is 48.6. The molecule has 2 aliphatic carbocycles. The number of benzene rings is 3. The number of fused-ring (bicyclic) bond motifs is 2. The highest BCUT2D eigenvalue weighted by atomic mass is 35.5. The number of halogens is 1. The molecule has 9 rings (SSSR count). The molecular weight excluding hydrogens is 724 g/mol. The lowest BCUT2D eigenvalue weighted by Gasteiger charge is -2.26. The minimum absolute atomic E-state index is 0. The van der Waals surface area contributed by atoms with Crippen LogP contribution >= 0.6 is 11.6 Å². The third kappa shape index (κ3) is 9.36. The molecule has 6 aliphatic rings. The average Bonchev–Trinajstić information content (AvgIpc) is 3.89. The number of aliphatic hydroxyl groups is 1. The molecular formula is C44H59ClO10. The number of rotatable bonds is 9. The summed E-state index contributed by atoms with van der Waals surface area (Å²) in [6.07, 6.45) is 1.60. The van der Waals surface area contributed by atoms with Gasteiger partial charge < -0.3 is 43.0 Å². The van der Waals surface area contributed by atoms with E-state index in [0.717, 1.165) is 24.8 Å². The topological polar surface area (TPSA) is 111 Å². The zero-order valence-corrected chi connectivity index (χ0v) is 31.8. The second kappa shape index (κ2) is 17.4. The fraction of sp³-hybridized carbons (Fsp3) is 0.568. The van der Waals surface area contributed by atoms with Gasteiger partial charge in [-0.25, -0.2) is 0 Å². The SMILES string of the molecule is C.C.CC1(C)O[C@H]2O[C@]3(C[C@H]3CO)C(OCc3ccccc3)[C@@H]2O1.CC[C@@H]1C[C@]12O[C@@H]1OC(C)(C)O[C@H]1C2OCc1ccccc1.O=C(Cl)c1ccccc1. The van der Waals surface area contributed by atoms with Crippen molar-refractivity contribution in [2.45, 2.75) is 142 Å². The van der Waals surface area contributed by atoms with E-state index in [0.29, 0.717) is 24.7 Å². The van der Waals surface area contributed by atoms with Crippen LogP contribution < -0.4 is 0 Å². The number of ether oxygens (including phenoxy) is 8. The molecule has 6 fully saturated rings. The molecule has 1 N–H and O–H groups in total. The lowest BCUT2D eigenvalue weighted by Crippen LogP contribution is -2.39. The Labute approximate surface area is 331 Å². The van der Waals surface area contributed by atoms with Gasteiger partial charge in [-0.15, -0.1) is 0 Å². The van der Waals surface area contributed by atoms with Crippen molar-refractivity contribution in [2.24, 2.45) is 11.8 Å². The summed E-state index contributed by atoms with van der Waals surface area (Å²) in [5.74, 6) is -0.597. The Hall–Kier alpha value is -2.74. The minimum Gasteiger partial charge on any atom is -0.396 e. The monoisotopic (exact) mass is 782 g/mol. The van der Waals surface area contributed by atoms with E-state index in [-0.39, 0.29) is 63.7 Å². The standard InChI is InChI=1S/C18H24O4.C17H22O5.C7H5ClO.2CH4/c1-4-13-10-18(13)15(19-11-12-8-6-5-7-9-12)14-16(22-18)21-17(2,3)20-14;1-16(2)20-13-14(19-10-11-6-4-3-5-7-11)17(8-12(17)9-18)22-15(13)21-16;8-7(9)6-4-2-1-3-5-6;;/h5-9,13-16H,4,10-11H2,1-3H3;3-7,12-15,18H,8-10H2,1-2H3;1-5H;2*1H4/t13-,14+,15?,16+,18+;12-,13-,14?,15-,17-;;;/m10.../s1. The van der Waals surface area contributed by atoms with E-state index >= 15 is 0 Å². The normalized spacial score (nSPS) is 34.9. The molecule has 10 nitrogen and oxygen atoms in total. The van der Waals surface area contributed by atoms with E-state index < -0.39 is 28.7 Å². The highest BCUT2D eigenvalue weighted by molar-refractivity contribution is 6.67. The van der Waals surface area contributed by atoms with E-state index in [4.69, 9.17) is 49.5 Å². The Bertz CT molecular complexity index is 1580. The van der Waals surface area contributed by atoms with Gasteiger partial charge in [0.15, 0.2) is 24.2 Å². The highest BCUT2D eigenvalue weighted by Gasteiger charge is 2.73. The van der Waals surface area contributed by atoms with Gasteiger partial charge in [0.25, 0.3) is 5.24 Å². The first-order valence-corrected chi connectivity index (χ1v) is 19.0. The lowest BCUT2D eigenvalue weighted by molar-refractivity contribution is -0.228. The van der Waals surface area contributed by atoms with Crippen LogP contribution in [-0.2, 0) is 51.1 Å². The molecule has 3 aromatic carbocycles. The maximum atomic E-state index is 10.4. The van der Waals surface area contributed by atoms with Crippen LogP contribution in [-0.4, -0.2) is 76.7 Å². The van der Waals surface area contributed by atoms with Gasteiger partial charge in [-0.3, -0.25) is 4.79 Å². The molecule has 10 atom stereocenters. The summed E-state index contributed by atoms with van der Waals surface area (Å²) in [7, 11) is 0. The van der Waals surface area contributed by atoms with E-state index in [1.807, 2.05) is 82.3 Å². The van der Waals surface area contributed by atoms with Crippen LogP contribution in [0.3, 0.4) is 0 Å². The van der Waals surface area contributed by atoms with Gasteiger partial charge in [0.2, 0.25) is 0 Å². The Kier molecular flexibility index (Phi) is 13.7. The van der Waals surface area contributed by atoms with Crippen molar-refractivity contribution < 1.29 is 47.8 Å². The molecule has 2 saturated carbocycles. The number of aliphatic hydroxyl groups excluding tert-OH is 1.